The maximum absolute atomic E-state index is 13.0. The van der Waals surface area contributed by atoms with Crippen LogP contribution in [0.15, 0.2) is 121 Å². The van der Waals surface area contributed by atoms with Crippen molar-refractivity contribution in [3.8, 4) is 5.75 Å². The highest BCUT2D eigenvalue weighted by molar-refractivity contribution is 7.86. The van der Waals surface area contributed by atoms with Crippen molar-refractivity contribution >= 4 is 161 Å². The Labute approximate surface area is 727 Å². The number of nitrogens with zero attached hydrogens (tertiary/aromatic N) is 10. The lowest BCUT2D eigenvalue weighted by Gasteiger charge is -2.44. The Morgan fingerprint density at radius 1 is 0.452 bits per heavy atom. The molecule has 10 rings (SSSR count). The first-order valence-corrected chi connectivity index (χ1v) is 58.4. The van der Waals surface area contributed by atoms with E-state index < -0.39 is 139 Å². The number of alkyl carbamates (subject to hydrolysis) is 1. The number of carboxylic acids is 1. The molecule has 4 aromatic carbocycles. The fraction of sp³-hybridized carbons (Fsp3) is 0.539. The number of hydrogen-bond donors (Lipinski definition) is 4. The number of aliphatic carboxylic acids is 1. The van der Waals surface area contributed by atoms with Gasteiger partial charge in [0.05, 0.1) is 132 Å². The maximum Gasteiger partial charge on any atom is 1.00 e. The van der Waals surface area contributed by atoms with Gasteiger partial charge in [0.1, 0.15) is 34.4 Å². The summed E-state index contributed by atoms with van der Waals surface area (Å²) in [5.74, 6) is -5.10. The van der Waals surface area contributed by atoms with Crippen LogP contribution >= 0.6 is 0 Å². The summed E-state index contributed by atoms with van der Waals surface area (Å²) in [7, 11) is -42.0. The van der Waals surface area contributed by atoms with E-state index in [0.29, 0.717) is 94.6 Å². The Hall–Kier alpha value is -7.84. The van der Waals surface area contributed by atoms with Crippen LogP contribution in [0.4, 0.5) is 16.4 Å². The minimum absolute atomic E-state index is 0. The van der Waals surface area contributed by atoms with Gasteiger partial charge in [0.2, 0.25) is 5.91 Å². The number of amidine groups is 4. The molecule has 0 fully saturated rings. The number of carbonyl (C=O) groups excluding carboxylic acids is 2. The fourth-order valence-electron chi connectivity index (χ4n) is 16.3. The van der Waals surface area contributed by atoms with Gasteiger partial charge in [-0.1, -0.05) is 91.3 Å². The maximum atomic E-state index is 13.0. The van der Waals surface area contributed by atoms with Gasteiger partial charge in [-0.25, -0.2) is 85.3 Å². The van der Waals surface area contributed by atoms with Gasteiger partial charge in [-0.15, -0.1) is 0 Å². The third-order valence-corrected chi connectivity index (χ3v) is 38.3. The molecule has 682 valence electrons. The van der Waals surface area contributed by atoms with Crippen LogP contribution in [0.2, 0.25) is 38.3 Å². The molecule has 124 heavy (non-hydrogen) atoms. The number of ether oxygens (including phenoxy) is 2. The van der Waals surface area contributed by atoms with Gasteiger partial charge in [-0.3, -0.25) is 18.1 Å². The lowest BCUT2D eigenvalue weighted by Crippen LogP contribution is -2.70. The number of aliphatic imine (C=N–C) groups is 4. The van der Waals surface area contributed by atoms with Crippen LogP contribution in [0.3, 0.4) is 0 Å². The molecule has 2 amide bonds. The van der Waals surface area contributed by atoms with Crippen molar-refractivity contribution in [1.29, 1.82) is 0 Å². The van der Waals surface area contributed by atoms with Crippen LogP contribution in [-0.4, -0.2) is 286 Å². The Morgan fingerprint density at radius 2 is 0.839 bits per heavy atom. The first kappa shape index (κ1) is 98.3. The summed E-state index contributed by atoms with van der Waals surface area (Å²) >= 11 is 0. The fourth-order valence-corrected chi connectivity index (χ4v) is 31.7. The predicted molar refractivity (Wildman–Crippen MR) is 464 cm³/mol. The number of unbranched alkanes of at least 4 members (excludes halogenated alkanes) is 3. The molecular formula is C76H107N13O26S6Si3-2. The molecule has 1 atom stereocenters. The summed E-state index contributed by atoms with van der Waals surface area (Å²) < 4.78 is 253. The predicted octanol–water partition coefficient (Wildman–Crippen LogP) is 4.82. The van der Waals surface area contributed by atoms with E-state index in [2.05, 4.69) is 10.6 Å². The molecule has 0 saturated carbocycles. The summed E-state index contributed by atoms with van der Waals surface area (Å²) in [6, 6.07) is 26.5. The Morgan fingerprint density at radius 3 is 1.29 bits per heavy atom. The highest BCUT2D eigenvalue weighted by Gasteiger charge is 2.58. The van der Waals surface area contributed by atoms with Gasteiger partial charge >= 0.3 is 23.8 Å². The van der Waals surface area contributed by atoms with Gasteiger partial charge in [0, 0.05) is 137 Å². The number of quaternary nitrogens is 2. The lowest BCUT2D eigenvalue weighted by atomic mass is 10.1. The van der Waals surface area contributed by atoms with Gasteiger partial charge in [0.15, 0.2) is 40.0 Å². The molecule has 0 aliphatic carbocycles. The zero-order chi connectivity index (χ0) is 90.3. The molecule has 0 radical (unpaired) electrons. The minimum atomic E-state index is -5.29. The second-order valence-corrected chi connectivity index (χ2v) is 53.6. The highest BCUT2D eigenvalue weighted by atomic mass is 32.2. The molecule has 2 aromatic heterocycles. The number of hydrogen-bond acceptors (Lipinski definition) is 32. The number of nitrogens with two attached hydrogens (primary N) is 1. The average Bonchev–Trinajstić information content (AvgIpc) is 1.52. The lowest BCUT2D eigenvalue weighted by molar-refractivity contribution is -0.928. The zero-order valence-electron chi connectivity index (χ0n) is 71.3. The van der Waals surface area contributed by atoms with Gasteiger partial charge in [0.25, 0.3) is 0 Å². The van der Waals surface area contributed by atoms with Gasteiger partial charge < -0.3 is 75.5 Å². The van der Waals surface area contributed by atoms with Crippen LogP contribution in [0.1, 0.15) is 128 Å². The molecule has 4 aliphatic heterocycles. The van der Waals surface area contributed by atoms with E-state index in [0.717, 1.165) is 0 Å². The Balaban J connectivity index is 0.00000983. The van der Waals surface area contributed by atoms with Crippen molar-refractivity contribution in [2.45, 2.75) is 147 Å². The van der Waals surface area contributed by atoms with Crippen LogP contribution < -0.4 is 32.1 Å². The van der Waals surface area contributed by atoms with E-state index >= 15 is 0 Å². The second kappa shape index (κ2) is 41.5. The number of rotatable bonds is 53. The molecule has 0 saturated heterocycles. The first-order chi connectivity index (χ1) is 58.1. The third-order valence-electron chi connectivity index (χ3n) is 21.9. The molecular weight excluding hydrogens is 1790 g/mol. The first-order valence-electron chi connectivity index (χ1n) is 40.9. The van der Waals surface area contributed by atoms with E-state index in [1.54, 1.807) is 36.4 Å². The number of nitrogens with one attached hydrogen (secondary N) is 2. The second-order valence-electron chi connectivity index (χ2n) is 32.8. The van der Waals surface area contributed by atoms with E-state index in [1.807, 2.05) is 89.3 Å². The number of carboxylic acid groups (broad SMARTS) is 1. The average molecular weight is 1900 g/mol. The smallest absolute Gasteiger partial charge is 0.748 e. The summed E-state index contributed by atoms with van der Waals surface area (Å²) in [5, 5.41) is 16.5. The van der Waals surface area contributed by atoms with Crippen LogP contribution in [-0.2, 0) is 83.3 Å². The van der Waals surface area contributed by atoms with Crippen molar-refractivity contribution in [3.63, 3.8) is 0 Å². The topological polar surface area (TPSA) is 586 Å². The van der Waals surface area contributed by atoms with Gasteiger partial charge in [-0.05, 0) is 89.3 Å². The SMILES string of the molecule is C[Si](C)(CCC[N+](CCCS(=O)(=O)[O-])(CCCS(=O)(=O)[O-])CCCS(=O)(=O)[O-])O[Si]1(O[Si](C)(C)CCC[N+](CCCS(=O)(=O)[O-])(CCCS(=O)(=O)[O-])CCCS(=O)(=O)[O-])n2c3c4ccccc4c2N=C2N=C(N=c4c5ccccc5c(n41)=NC1=NC(=N3)c3ccccc31)c1cccc(OCCCOC(=O)NCCCCCC(=O)NCCCC[C@H](N)C(=O)O)c12.[H+].[H+]. The zero-order valence-corrected chi connectivity index (χ0v) is 77.2. The molecule has 6 aromatic rings. The molecule has 39 nitrogen and oxygen atoms in total. The standard InChI is InChI=1S/C76H109N13O26S6Si3/c1-122(2,54-23-44-88(38-17-48-116(94,95)96,39-18-49-117(97,98)99)40-19-50-118(100,101)102)114-124(115-123(3,4)55-24-45-89(41-20-51-119(103,104)105,42-21-52-120(106,107)108)43-22-53-121(109,110)111)86-71-58-28-9-10-29-59(58)73(86)84-69-62-32-16-34-64(112-46-25-47-113-76(93)79-37-14-5-6-35-65(90)78-36-15-13-33-63(77)75(91)92)66(62)70(81-69)85-74-61-31-12-11-30-60(61)72(87(74)124)83-68-57-27-8-7-26-56(57)67(80-68)82-71/h7-12,16,26-32,34,63H,5-6,13-15,17-25,33,35-55,77H2,1-4H3,(H7-2,78,79,90,91,92,93,94,95,96,97,98,99,100,101,102,103,104,105,106,107,108,109,110,111)/p-2/t63-/m0/s1. The molecule has 5 N–H and O–H groups in total. The molecule has 0 spiro atoms. The van der Waals surface area contributed by atoms with E-state index in [-0.39, 0.29) is 212 Å². The summed E-state index contributed by atoms with van der Waals surface area (Å²) in [6.45, 7) is 7.44. The van der Waals surface area contributed by atoms with Crippen LogP contribution in [0.5, 0.6) is 5.75 Å². The van der Waals surface area contributed by atoms with Gasteiger partial charge in [-0.2, -0.15) is 0 Å². The quantitative estimate of drug-likeness (QED) is 0.0172. The molecule has 0 unspecified atom stereocenters. The van der Waals surface area contributed by atoms with E-state index in [9.17, 15) is 92.2 Å². The van der Waals surface area contributed by atoms with Crippen LogP contribution in [0.25, 0.3) is 21.5 Å². The minimum Gasteiger partial charge on any atom is -0.748 e. The number of benzene rings is 4. The number of amides is 2. The van der Waals surface area contributed by atoms with Crippen molar-refractivity contribution in [2.75, 3.05) is 113 Å². The van der Waals surface area contributed by atoms with Crippen LogP contribution in [0, 0.1) is 0 Å². The van der Waals surface area contributed by atoms with E-state index in [1.165, 1.54) is 0 Å². The normalized spacial score (nSPS) is 15.1. The summed E-state index contributed by atoms with van der Waals surface area (Å²) in [4.78, 5) is 69.4. The van der Waals surface area contributed by atoms with Crippen molar-refractivity contribution in [3.05, 3.63) is 124 Å². The van der Waals surface area contributed by atoms with E-state index in [4.69, 9.17) is 58.5 Å². The third kappa shape index (κ3) is 28.1. The largest absolute Gasteiger partial charge is 1.00 e. The molecule has 48 heteroatoms. The molecule has 4 aliphatic rings. The number of carbonyl (C=O) groups is 3. The number of aromatic nitrogens is 2. The Bertz CT molecular complexity index is 5620. The van der Waals surface area contributed by atoms with Crippen molar-refractivity contribution in [2.24, 2.45) is 35.7 Å². The monoisotopic (exact) mass is 1890 g/mol. The molecule has 6 heterocycles. The molecule has 6 bridgehead atoms. The highest BCUT2D eigenvalue weighted by Crippen LogP contribution is 2.46. The number of fused-ring (bicyclic) bond motifs is 14. The van der Waals surface area contributed by atoms with Crippen molar-refractivity contribution < 1.29 is 127 Å². The Kier molecular flexibility index (Phi) is 32.9. The van der Waals surface area contributed by atoms with Crippen molar-refractivity contribution in [1.82, 2.24) is 19.1 Å². The summed E-state index contributed by atoms with van der Waals surface area (Å²) in [5.41, 5.74) is 7.96. The summed E-state index contributed by atoms with van der Waals surface area (Å²) in [6.07, 6.45) is 1.56.